The third-order valence-corrected chi connectivity index (χ3v) is 9.58. The summed E-state index contributed by atoms with van der Waals surface area (Å²) in [7, 11) is -1.67. The molecule has 0 spiro atoms. The van der Waals surface area contributed by atoms with Crippen LogP contribution in [0.2, 0.25) is 10.0 Å². The van der Waals surface area contributed by atoms with Crippen molar-refractivity contribution in [3.63, 3.8) is 0 Å². The van der Waals surface area contributed by atoms with E-state index in [-0.39, 0.29) is 12.4 Å². The Morgan fingerprint density at radius 2 is 1.38 bits per heavy atom. The average molecular weight is 412 g/mol. The lowest BCUT2D eigenvalue weighted by Crippen LogP contribution is -3.00. The Morgan fingerprint density at radius 3 is 1.75 bits per heavy atom. The summed E-state index contributed by atoms with van der Waals surface area (Å²) in [6.07, 6.45) is 10.0. The van der Waals surface area contributed by atoms with Gasteiger partial charge in [-0.15, -0.1) is 0 Å². The molecule has 1 aromatic carbocycles. The standard InChI is InChI=1S/C19H30Cl2OP.ClH/c1-4-7-12-23(13-8-5-2,14-9-6-3)19(22)17-11-10-16(20)15-18(17)21;/h10-11,15H,4-9,12-14H2,1-3H3;1H/q+1;/p-1. The van der Waals surface area contributed by atoms with Gasteiger partial charge in [0.2, 0.25) is 0 Å². The molecular formula is C19H30Cl3OP. The minimum atomic E-state index is -1.67. The smallest absolute Gasteiger partial charge is 0.299 e. The van der Waals surface area contributed by atoms with E-state index in [1.807, 2.05) is 6.07 Å². The number of halogens is 3. The lowest BCUT2D eigenvalue weighted by atomic mass is 10.2. The van der Waals surface area contributed by atoms with Crippen LogP contribution in [0, 0.1) is 0 Å². The first-order chi connectivity index (χ1) is 11.0. The van der Waals surface area contributed by atoms with Crippen molar-refractivity contribution in [3.8, 4) is 0 Å². The number of carbonyl (C=O) groups is 1. The molecule has 0 atom stereocenters. The third kappa shape index (κ3) is 6.83. The molecule has 0 saturated carbocycles. The van der Waals surface area contributed by atoms with Crippen molar-refractivity contribution in [2.75, 3.05) is 18.5 Å². The van der Waals surface area contributed by atoms with Crippen molar-refractivity contribution in [3.05, 3.63) is 33.8 Å². The highest BCUT2D eigenvalue weighted by Crippen LogP contribution is 2.63. The maximum atomic E-state index is 13.4. The molecule has 0 aliphatic carbocycles. The largest absolute Gasteiger partial charge is 1.00 e. The van der Waals surface area contributed by atoms with Gasteiger partial charge in [0.15, 0.2) is 0 Å². The summed E-state index contributed by atoms with van der Waals surface area (Å²) >= 11 is 12.3. The van der Waals surface area contributed by atoms with Crippen molar-refractivity contribution in [2.24, 2.45) is 0 Å². The van der Waals surface area contributed by atoms with Gasteiger partial charge in [-0.3, -0.25) is 0 Å². The molecule has 1 nitrogen and oxygen atoms in total. The molecule has 0 heterocycles. The second-order valence-electron chi connectivity index (χ2n) is 6.31. The van der Waals surface area contributed by atoms with Crippen molar-refractivity contribution in [1.82, 2.24) is 0 Å². The summed E-state index contributed by atoms with van der Waals surface area (Å²) in [5.41, 5.74) is 1.02. The Balaban J connectivity index is 0.00000529. The van der Waals surface area contributed by atoms with E-state index in [4.69, 9.17) is 23.2 Å². The summed E-state index contributed by atoms with van der Waals surface area (Å²) in [6, 6.07) is 5.31. The van der Waals surface area contributed by atoms with Crippen molar-refractivity contribution < 1.29 is 17.2 Å². The molecular weight excluding hydrogens is 382 g/mol. The lowest BCUT2D eigenvalue weighted by molar-refractivity contribution is -0.0000115. The molecule has 0 bridgehead atoms. The molecule has 0 radical (unpaired) electrons. The number of hydrogen-bond donors (Lipinski definition) is 0. The zero-order chi connectivity index (χ0) is 17.3. The highest BCUT2D eigenvalue weighted by atomic mass is 35.5. The molecule has 0 fully saturated rings. The molecule has 0 saturated heterocycles. The van der Waals surface area contributed by atoms with Crippen molar-refractivity contribution in [2.45, 2.75) is 59.3 Å². The van der Waals surface area contributed by atoms with E-state index in [0.29, 0.717) is 21.1 Å². The zero-order valence-corrected chi connectivity index (χ0v) is 18.2. The lowest BCUT2D eigenvalue weighted by Gasteiger charge is -2.26. The van der Waals surface area contributed by atoms with Gasteiger partial charge in [-0.05, 0) is 37.5 Å². The molecule has 1 rings (SSSR count). The molecule has 5 heteroatoms. The fourth-order valence-corrected chi connectivity index (χ4v) is 8.25. The Hall–Kier alpha value is 0.190. The van der Waals surface area contributed by atoms with Crippen molar-refractivity contribution in [1.29, 1.82) is 0 Å². The number of unbranched alkanes of at least 4 members (excludes halogenated alkanes) is 3. The first kappa shape index (κ1) is 24.2. The van der Waals surface area contributed by atoms with Crippen LogP contribution in [0.1, 0.15) is 69.7 Å². The van der Waals surface area contributed by atoms with Crippen molar-refractivity contribution >= 4 is 36.0 Å². The Bertz CT molecular complexity index is 484. The molecule has 0 N–H and O–H groups in total. The van der Waals surface area contributed by atoms with Crippen LogP contribution in [0.4, 0.5) is 0 Å². The number of rotatable bonds is 11. The maximum Gasteiger partial charge on any atom is 0.299 e. The predicted molar refractivity (Wildman–Crippen MR) is 107 cm³/mol. The van der Waals surface area contributed by atoms with Gasteiger partial charge < -0.3 is 12.4 Å². The van der Waals surface area contributed by atoms with Crippen LogP contribution in [0.25, 0.3) is 0 Å². The summed E-state index contributed by atoms with van der Waals surface area (Å²) in [6.45, 7) is 6.61. The van der Waals surface area contributed by atoms with Gasteiger partial charge >= 0.3 is 0 Å². The predicted octanol–water partition coefficient (Wildman–Crippen LogP) is 4.56. The van der Waals surface area contributed by atoms with Crippen LogP contribution in [0.5, 0.6) is 0 Å². The zero-order valence-electron chi connectivity index (χ0n) is 15.1. The Kier molecular flexibility index (Phi) is 12.6. The number of carbonyl (C=O) groups excluding carboxylic acids is 1. The summed E-state index contributed by atoms with van der Waals surface area (Å²) in [4.78, 5) is 13.4. The second-order valence-corrected chi connectivity index (χ2v) is 11.2. The topological polar surface area (TPSA) is 17.1 Å². The summed E-state index contributed by atoms with van der Waals surface area (Å²) in [5.74, 6) is 0. The minimum Gasteiger partial charge on any atom is -1.00 e. The van der Waals surface area contributed by atoms with Crippen LogP contribution in [0.3, 0.4) is 0 Å². The third-order valence-electron chi connectivity index (χ3n) is 4.41. The molecule has 0 aliphatic rings. The summed E-state index contributed by atoms with van der Waals surface area (Å²) in [5, 5.41) is 1.10. The van der Waals surface area contributed by atoms with E-state index in [1.54, 1.807) is 12.1 Å². The molecule has 0 aliphatic heterocycles. The fourth-order valence-electron chi connectivity index (χ4n) is 2.94. The first-order valence-corrected chi connectivity index (χ1v) is 12.0. The van der Waals surface area contributed by atoms with Gasteiger partial charge in [0, 0.05) is 5.02 Å². The van der Waals surface area contributed by atoms with Gasteiger partial charge in [-0.1, -0.05) is 63.2 Å². The van der Waals surface area contributed by atoms with E-state index >= 15 is 0 Å². The van der Waals surface area contributed by atoms with Gasteiger partial charge in [-0.2, -0.15) is 0 Å². The van der Waals surface area contributed by atoms with E-state index in [9.17, 15) is 4.79 Å². The minimum absolute atomic E-state index is 0. The molecule has 0 aromatic heterocycles. The second kappa shape index (κ2) is 12.5. The highest BCUT2D eigenvalue weighted by Gasteiger charge is 2.45. The Morgan fingerprint density at radius 1 is 0.917 bits per heavy atom. The first-order valence-electron chi connectivity index (χ1n) is 8.86. The van der Waals surface area contributed by atoms with Gasteiger partial charge in [0.25, 0.3) is 5.52 Å². The molecule has 138 valence electrons. The average Bonchev–Trinajstić information content (AvgIpc) is 2.54. The van der Waals surface area contributed by atoms with Crippen LogP contribution in [0.15, 0.2) is 18.2 Å². The summed E-state index contributed by atoms with van der Waals surface area (Å²) < 4.78 is 0. The highest BCUT2D eigenvalue weighted by molar-refractivity contribution is 7.91. The van der Waals surface area contributed by atoms with Gasteiger partial charge in [0.05, 0.1) is 36.3 Å². The van der Waals surface area contributed by atoms with Crippen LogP contribution in [-0.4, -0.2) is 24.0 Å². The molecule has 0 unspecified atom stereocenters. The van der Waals surface area contributed by atoms with E-state index in [2.05, 4.69) is 20.8 Å². The number of benzene rings is 1. The normalized spacial score (nSPS) is 11.2. The molecule has 1 aromatic rings. The molecule has 24 heavy (non-hydrogen) atoms. The van der Waals surface area contributed by atoms with Crippen LogP contribution >= 0.6 is 30.5 Å². The Labute approximate surface area is 164 Å². The monoisotopic (exact) mass is 410 g/mol. The maximum absolute atomic E-state index is 13.4. The quantitative estimate of drug-likeness (QED) is 0.488. The van der Waals surface area contributed by atoms with E-state index < -0.39 is 7.26 Å². The van der Waals surface area contributed by atoms with E-state index in [0.717, 1.165) is 57.0 Å². The molecule has 0 amide bonds. The van der Waals surface area contributed by atoms with Gasteiger partial charge in [-0.25, -0.2) is 4.79 Å². The van der Waals surface area contributed by atoms with Crippen LogP contribution in [-0.2, 0) is 0 Å². The van der Waals surface area contributed by atoms with Gasteiger partial charge in [0.1, 0.15) is 0 Å². The SMILES string of the molecule is CCCC[P+](CCCC)(CCCC)C(=O)c1ccc(Cl)cc1Cl.[Cl-]. The van der Waals surface area contributed by atoms with Crippen LogP contribution < -0.4 is 12.4 Å². The number of hydrogen-bond acceptors (Lipinski definition) is 1. The van der Waals surface area contributed by atoms with E-state index in [1.165, 1.54) is 0 Å². The fraction of sp³-hybridized carbons (Fsp3) is 0.632.